The molecule has 9 heteroatoms. The number of carbonyl (C=O) groups is 2. The average molecular weight is 478 g/mol. The predicted octanol–water partition coefficient (Wildman–Crippen LogP) is 2.62. The molecule has 0 unspecified atom stereocenters. The van der Waals surface area contributed by atoms with Crippen molar-refractivity contribution in [3.63, 3.8) is 0 Å². The fraction of sp³-hybridized carbons (Fsp3) is 0.385. The first-order valence-corrected chi connectivity index (χ1v) is 11.8. The van der Waals surface area contributed by atoms with Crippen LogP contribution in [0.4, 0.5) is 0 Å². The second-order valence-corrected chi connectivity index (χ2v) is 8.62. The summed E-state index contributed by atoms with van der Waals surface area (Å²) in [5.41, 5.74) is 3.36. The Kier molecular flexibility index (Phi) is 8.23. The van der Waals surface area contributed by atoms with Gasteiger partial charge in [0, 0.05) is 63.1 Å². The number of benzene rings is 2. The van der Waals surface area contributed by atoms with E-state index in [0.717, 1.165) is 23.1 Å². The van der Waals surface area contributed by atoms with Gasteiger partial charge >= 0.3 is 0 Å². The number of aromatic nitrogens is 2. The quantitative estimate of drug-likeness (QED) is 0.473. The van der Waals surface area contributed by atoms with E-state index in [2.05, 4.69) is 20.4 Å². The minimum Gasteiger partial charge on any atom is -0.416 e. The molecular formula is C26H31N5O4. The van der Waals surface area contributed by atoms with E-state index in [9.17, 15) is 9.59 Å². The number of nitrogens with one attached hydrogen (secondary N) is 1. The molecule has 2 aromatic carbocycles. The molecular weight excluding hydrogens is 446 g/mol. The largest absolute Gasteiger partial charge is 0.416 e. The Balaban J connectivity index is 1.29. The monoisotopic (exact) mass is 477 g/mol. The molecule has 0 spiro atoms. The minimum atomic E-state index is -0.0220. The zero-order valence-electron chi connectivity index (χ0n) is 20.2. The maximum absolute atomic E-state index is 13.0. The predicted molar refractivity (Wildman–Crippen MR) is 132 cm³/mol. The Labute approximate surface area is 205 Å². The fourth-order valence-corrected chi connectivity index (χ4v) is 3.98. The van der Waals surface area contributed by atoms with Gasteiger partial charge in [-0.3, -0.25) is 14.5 Å². The molecule has 184 valence electrons. The van der Waals surface area contributed by atoms with Crippen molar-refractivity contribution in [3.8, 4) is 22.9 Å². The molecule has 1 saturated heterocycles. The summed E-state index contributed by atoms with van der Waals surface area (Å²) < 4.78 is 10.8. The van der Waals surface area contributed by atoms with Gasteiger partial charge in [0.2, 0.25) is 17.7 Å². The lowest BCUT2D eigenvalue weighted by molar-refractivity contribution is -0.122. The van der Waals surface area contributed by atoms with E-state index >= 15 is 0 Å². The molecule has 2 heterocycles. The fourth-order valence-electron chi connectivity index (χ4n) is 3.98. The van der Waals surface area contributed by atoms with Gasteiger partial charge in [-0.05, 0) is 49.7 Å². The molecule has 1 aliphatic rings. The van der Waals surface area contributed by atoms with Crippen LogP contribution >= 0.6 is 0 Å². The normalized spacial score (nSPS) is 14.2. The summed E-state index contributed by atoms with van der Waals surface area (Å²) in [6, 6.07) is 15.1. The van der Waals surface area contributed by atoms with Gasteiger partial charge in [-0.15, -0.1) is 10.2 Å². The molecule has 9 nitrogen and oxygen atoms in total. The van der Waals surface area contributed by atoms with Gasteiger partial charge in [-0.2, -0.15) is 0 Å². The zero-order chi connectivity index (χ0) is 24.6. The average Bonchev–Trinajstić information content (AvgIpc) is 3.37. The Morgan fingerprint density at radius 3 is 2.40 bits per heavy atom. The van der Waals surface area contributed by atoms with Crippen molar-refractivity contribution in [2.75, 3.05) is 53.0 Å². The highest BCUT2D eigenvalue weighted by atomic mass is 16.5. The van der Waals surface area contributed by atoms with Gasteiger partial charge < -0.3 is 19.4 Å². The zero-order valence-corrected chi connectivity index (χ0v) is 20.2. The number of methoxy groups -OCH3 is 1. The smallest absolute Gasteiger partial charge is 0.253 e. The lowest BCUT2D eigenvalue weighted by Crippen LogP contribution is -2.51. The van der Waals surface area contributed by atoms with E-state index in [1.807, 2.05) is 48.2 Å². The highest BCUT2D eigenvalue weighted by Gasteiger charge is 2.23. The van der Waals surface area contributed by atoms with E-state index in [1.165, 1.54) is 0 Å². The molecule has 0 aliphatic carbocycles. The van der Waals surface area contributed by atoms with Crippen LogP contribution in [0.2, 0.25) is 0 Å². The molecule has 0 radical (unpaired) electrons. The maximum Gasteiger partial charge on any atom is 0.253 e. The summed E-state index contributed by atoms with van der Waals surface area (Å²) in [5.74, 6) is 0.856. The van der Waals surface area contributed by atoms with E-state index in [0.29, 0.717) is 63.2 Å². The molecule has 4 rings (SSSR count). The summed E-state index contributed by atoms with van der Waals surface area (Å²) in [5, 5.41) is 11.2. The Bertz CT molecular complexity index is 1140. The molecule has 3 aromatic rings. The van der Waals surface area contributed by atoms with Crippen LogP contribution in [-0.2, 0) is 9.53 Å². The van der Waals surface area contributed by atoms with Crippen molar-refractivity contribution in [1.29, 1.82) is 0 Å². The number of hydrogen-bond donors (Lipinski definition) is 1. The lowest BCUT2D eigenvalue weighted by Gasteiger charge is -2.34. The topological polar surface area (TPSA) is 101 Å². The van der Waals surface area contributed by atoms with Gasteiger partial charge in [0.25, 0.3) is 5.91 Å². The third-order valence-corrected chi connectivity index (χ3v) is 5.94. The Morgan fingerprint density at radius 1 is 1.00 bits per heavy atom. The minimum absolute atomic E-state index is 0.00282. The summed E-state index contributed by atoms with van der Waals surface area (Å²) in [7, 11) is 1.65. The number of piperazine rings is 1. The van der Waals surface area contributed by atoms with Crippen molar-refractivity contribution >= 4 is 11.8 Å². The molecule has 1 aliphatic heterocycles. The molecule has 0 atom stereocenters. The van der Waals surface area contributed by atoms with Crippen LogP contribution in [0.5, 0.6) is 0 Å². The molecule has 1 aromatic heterocycles. The van der Waals surface area contributed by atoms with E-state index in [-0.39, 0.29) is 11.8 Å². The highest BCUT2D eigenvalue weighted by molar-refractivity contribution is 5.94. The van der Waals surface area contributed by atoms with Gasteiger partial charge in [0.1, 0.15) is 0 Å². The van der Waals surface area contributed by atoms with Crippen molar-refractivity contribution in [2.24, 2.45) is 0 Å². The molecule has 0 bridgehead atoms. The van der Waals surface area contributed by atoms with Gasteiger partial charge in [-0.25, -0.2) is 0 Å². The van der Waals surface area contributed by atoms with Gasteiger partial charge in [0.15, 0.2) is 0 Å². The van der Waals surface area contributed by atoms with Crippen LogP contribution in [0, 0.1) is 6.92 Å². The Morgan fingerprint density at radius 2 is 1.71 bits per heavy atom. The number of carbonyl (C=O) groups excluding carboxylic acids is 2. The van der Waals surface area contributed by atoms with Crippen LogP contribution in [0.1, 0.15) is 22.3 Å². The SMILES string of the molecule is COCCCNC(=O)CN1CCN(C(=O)c2ccc(-c3nnc(-c4cccc(C)c4)o3)cc2)CC1. The van der Waals surface area contributed by atoms with Crippen molar-refractivity contribution in [2.45, 2.75) is 13.3 Å². The second kappa shape index (κ2) is 11.7. The van der Waals surface area contributed by atoms with Crippen molar-refractivity contribution in [1.82, 2.24) is 25.3 Å². The van der Waals surface area contributed by atoms with Crippen LogP contribution in [0.25, 0.3) is 22.9 Å². The van der Waals surface area contributed by atoms with Crippen LogP contribution in [0.3, 0.4) is 0 Å². The van der Waals surface area contributed by atoms with Crippen LogP contribution in [-0.4, -0.2) is 84.8 Å². The first kappa shape index (κ1) is 24.6. The molecule has 0 saturated carbocycles. The number of aryl methyl sites for hydroxylation is 1. The van der Waals surface area contributed by atoms with E-state index in [4.69, 9.17) is 9.15 Å². The van der Waals surface area contributed by atoms with Crippen molar-refractivity contribution in [3.05, 3.63) is 59.7 Å². The van der Waals surface area contributed by atoms with Gasteiger partial charge in [-0.1, -0.05) is 17.7 Å². The van der Waals surface area contributed by atoms with Gasteiger partial charge in [0.05, 0.1) is 6.54 Å². The summed E-state index contributed by atoms with van der Waals surface area (Å²) in [6.45, 7) is 6.10. The maximum atomic E-state index is 13.0. The number of amides is 2. The number of hydrogen-bond acceptors (Lipinski definition) is 7. The highest BCUT2D eigenvalue weighted by Crippen LogP contribution is 2.25. The first-order chi connectivity index (χ1) is 17.0. The number of ether oxygens (including phenoxy) is 1. The number of nitrogens with zero attached hydrogens (tertiary/aromatic N) is 4. The van der Waals surface area contributed by atoms with E-state index in [1.54, 1.807) is 19.2 Å². The first-order valence-electron chi connectivity index (χ1n) is 11.8. The molecule has 1 N–H and O–H groups in total. The van der Waals surface area contributed by atoms with Crippen molar-refractivity contribution < 1.29 is 18.7 Å². The lowest BCUT2D eigenvalue weighted by atomic mass is 10.1. The standard InChI is InChI=1S/C26H31N5O4/c1-19-5-3-6-22(17-19)25-29-28-24(35-25)20-7-9-21(10-8-20)26(33)31-14-12-30(13-15-31)18-23(32)27-11-4-16-34-2/h3,5-10,17H,4,11-16,18H2,1-2H3,(H,27,32). The summed E-state index contributed by atoms with van der Waals surface area (Å²) in [4.78, 5) is 28.9. The third kappa shape index (κ3) is 6.52. The summed E-state index contributed by atoms with van der Waals surface area (Å²) in [6.07, 6.45) is 0.795. The van der Waals surface area contributed by atoms with Crippen LogP contribution < -0.4 is 5.32 Å². The molecule has 35 heavy (non-hydrogen) atoms. The molecule has 2 amide bonds. The Hall–Kier alpha value is -3.56. The number of rotatable bonds is 9. The van der Waals surface area contributed by atoms with Crippen LogP contribution in [0.15, 0.2) is 52.9 Å². The summed E-state index contributed by atoms with van der Waals surface area (Å²) >= 11 is 0. The van der Waals surface area contributed by atoms with E-state index < -0.39 is 0 Å². The third-order valence-electron chi connectivity index (χ3n) is 5.94. The second-order valence-electron chi connectivity index (χ2n) is 8.62. The molecule has 1 fully saturated rings.